The van der Waals surface area contributed by atoms with Gasteiger partial charge in [0.2, 0.25) is 5.91 Å². The number of fused-ring (bicyclic) bond motifs is 3. The number of carbonyl (C=O) groups excluding carboxylic acids is 2. The summed E-state index contributed by atoms with van der Waals surface area (Å²) >= 11 is 7.15. The SMILES string of the molecule is O=C1CC[C@@]2(C(=O)Nc3ccc(F)c(Cl)c3)Sc3ccccc3N12. The van der Waals surface area contributed by atoms with Gasteiger partial charge in [-0.15, -0.1) is 0 Å². The Labute approximate surface area is 147 Å². The summed E-state index contributed by atoms with van der Waals surface area (Å²) in [4.78, 5) is 26.8. The Morgan fingerprint density at radius 2 is 2.08 bits per heavy atom. The van der Waals surface area contributed by atoms with Crippen molar-refractivity contribution in [2.75, 3.05) is 10.2 Å². The van der Waals surface area contributed by atoms with E-state index >= 15 is 0 Å². The number of nitrogens with one attached hydrogen (secondary N) is 1. The average molecular weight is 363 g/mol. The largest absolute Gasteiger partial charge is 0.323 e. The molecule has 2 aromatic rings. The van der Waals surface area contributed by atoms with Crippen molar-refractivity contribution in [1.82, 2.24) is 0 Å². The zero-order valence-corrected chi connectivity index (χ0v) is 14.0. The lowest BCUT2D eigenvalue weighted by atomic mass is 10.1. The van der Waals surface area contributed by atoms with E-state index in [9.17, 15) is 14.0 Å². The first kappa shape index (κ1) is 15.5. The Balaban J connectivity index is 1.68. The zero-order valence-electron chi connectivity index (χ0n) is 12.4. The van der Waals surface area contributed by atoms with Crippen molar-refractivity contribution in [1.29, 1.82) is 0 Å². The quantitative estimate of drug-likeness (QED) is 0.876. The molecule has 4 nitrogen and oxygen atoms in total. The van der Waals surface area contributed by atoms with Crippen LogP contribution in [0.3, 0.4) is 0 Å². The highest BCUT2D eigenvalue weighted by Gasteiger charge is 2.57. The number of para-hydroxylation sites is 1. The van der Waals surface area contributed by atoms with E-state index in [1.807, 2.05) is 24.3 Å². The highest BCUT2D eigenvalue weighted by atomic mass is 35.5. The summed E-state index contributed by atoms with van der Waals surface area (Å²) in [5.74, 6) is -0.926. The Morgan fingerprint density at radius 3 is 2.88 bits per heavy atom. The van der Waals surface area contributed by atoms with Gasteiger partial charge < -0.3 is 5.32 Å². The van der Waals surface area contributed by atoms with Crippen molar-refractivity contribution < 1.29 is 14.0 Å². The van der Waals surface area contributed by atoms with Crippen molar-refractivity contribution in [3.05, 3.63) is 53.3 Å². The molecule has 4 rings (SSSR count). The number of amides is 2. The van der Waals surface area contributed by atoms with Crippen molar-refractivity contribution in [2.24, 2.45) is 0 Å². The molecular weight excluding hydrogens is 351 g/mol. The topological polar surface area (TPSA) is 49.4 Å². The molecule has 24 heavy (non-hydrogen) atoms. The third-order valence-corrected chi connectivity index (χ3v) is 5.97. The number of rotatable bonds is 2. The van der Waals surface area contributed by atoms with Gasteiger partial charge in [0.25, 0.3) is 5.91 Å². The van der Waals surface area contributed by atoms with Crippen LogP contribution in [0, 0.1) is 5.82 Å². The molecule has 1 saturated heterocycles. The van der Waals surface area contributed by atoms with Gasteiger partial charge in [-0.1, -0.05) is 35.5 Å². The fraction of sp³-hybridized carbons (Fsp3) is 0.176. The van der Waals surface area contributed by atoms with E-state index < -0.39 is 10.7 Å². The van der Waals surface area contributed by atoms with Gasteiger partial charge in [0, 0.05) is 17.0 Å². The van der Waals surface area contributed by atoms with Crippen LogP contribution in [0.15, 0.2) is 47.4 Å². The predicted molar refractivity (Wildman–Crippen MR) is 91.8 cm³/mol. The van der Waals surface area contributed by atoms with Crippen LogP contribution in [0.25, 0.3) is 0 Å². The standard InChI is InChI=1S/C17H12ClFN2O2S/c18-11-9-10(5-6-12(11)19)20-16(23)17-8-7-15(22)21(17)13-3-1-2-4-14(13)24-17/h1-6,9H,7-8H2,(H,20,23)/t17-/m0/s1. The number of hydrogen-bond acceptors (Lipinski definition) is 3. The maximum atomic E-state index is 13.3. The fourth-order valence-corrected chi connectivity index (χ4v) is 4.70. The first-order valence-electron chi connectivity index (χ1n) is 7.39. The summed E-state index contributed by atoms with van der Waals surface area (Å²) in [7, 11) is 0. The van der Waals surface area contributed by atoms with Crippen LogP contribution in [-0.4, -0.2) is 16.7 Å². The first-order valence-corrected chi connectivity index (χ1v) is 8.58. The van der Waals surface area contributed by atoms with Gasteiger partial charge in [-0.2, -0.15) is 0 Å². The molecule has 2 aliphatic rings. The lowest BCUT2D eigenvalue weighted by molar-refractivity contribution is -0.121. The summed E-state index contributed by atoms with van der Waals surface area (Å²) < 4.78 is 13.3. The number of carbonyl (C=O) groups is 2. The molecule has 2 aliphatic heterocycles. The summed E-state index contributed by atoms with van der Waals surface area (Å²) in [5, 5.41) is 2.70. The lowest BCUT2D eigenvalue weighted by Crippen LogP contribution is -2.49. The van der Waals surface area contributed by atoms with Gasteiger partial charge in [0.05, 0.1) is 10.7 Å². The smallest absolute Gasteiger partial charge is 0.261 e. The van der Waals surface area contributed by atoms with Crippen molar-refractivity contribution in [3.63, 3.8) is 0 Å². The molecule has 0 unspecified atom stereocenters. The van der Waals surface area contributed by atoms with E-state index in [0.29, 0.717) is 18.5 Å². The van der Waals surface area contributed by atoms with Gasteiger partial charge in [-0.05, 0) is 36.8 Å². The van der Waals surface area contributed by atoms with Crippen LogP contribution in [0.1, 0.15) is 12.8 Å². The minimum Gasteiger partial charge on any atom is -0.323 e. The van der Waals surface area contributed by atoms with Crippen molar-refractivity contribution in [2.45, 2.75) is 22.6 Å². The normalized spacial score (nSPS) is 21.6. The van der Waals surface area contributed by atoms with Crippen molar-refractivity contribution >= 4 is 46.6 Å². The predicted octanol–water partition coefficient (Wildman–Crippen LogP) is 4.05. The van der Waals surface area contributed by atoms with E-state index in [4.69, 9.17) is 11.6 Å². The molecule has 1 fully saturated rings. The maximum Gasteiger partial charge on any atom is 0.261 e. The van der Waals surface area contributed by atoms with Crippen LogP contribution < -0.4 is 10.2 Å². The summed E-state index contributed by atoms with van der Waals surface area (Å²) in [6.45, 7) is 0. The van der Waals surface area contributed by atoms with Crippen LogP contribution in [0.4, 0.5) is 15.8 Å². The summed E-state index contributed by atoms with van der Waals surface area (Å²) in [6.07, 6.45) is 0.741. The van der Waals surface area contributed by atoms with Crippen LogP contribution >= 0.6 is 23.4 Å². The Bertz CT molecular complexity index is 875. The zero-order chi connectivity index (χ0) is 16.9. The summed E-state index contributed by atoms with van der Waals surface area (Å²) in [5.41, 5.74) is 1.16. The molecule has 2 heterocycles. The molecular formula is C17H12ClFN2O2S. The molecule has 122 valence electrons. The molecule has 0 radical (unpaired) electrons. The van der Waals surface area contributed by atoms with Gasteiger partial charge in [0.15, 0.2) is 4.87 Å². The molecule has 0 bridgehead atoms. The van der Waals surface area contributed by atoms with Crippen LogP contribution in [0.5, 0.6) is 0 Å². The molecule has 2 aromatic carbocycles. The highest BCUT2D eigenvalue weighted by Crippen LogP contribution is 2.56. The van der Waals surface area contributed by atoms with Gasteiger partial charge in [-0.3, -0.25) is 14.5 Å². The third kappa shape index (κ3) is 2.21. The van der Waals surface area contributed by atoms with Crippen LogP contribution in [-0.2, 0) is 9.59 Å². The number of nitrogens with zero attached hydrogens (tertiary/aromatic N) is 1. The van der Waals surface area contributed by atoms with Crippen LogP contribution in [0.2, 0.25) is 5.02 Å². The van der Waals surface area contributed by atoms with Gasteiger partial charge in [-0.25, -0.2) is 4.39 Å². The van der Waals surface area contributed by atoms with E-state index in [2.05, 4.69) is 5.32 Å². The molecule has 0 saturated carbocycles. The molecule has 0 aromatic heterocycles. The van der Waals surface area contributed by atoms with E-state index in [1.165, 1.54) is 30.0 Å². The van der Waals surface area contributed by atoms with E-state index in [-0.39, 0.29) is 16.8 Å². The number of benzene rings is 2. The van der Waals surface area contributed by atoms with Gasteiger partial charge in [0.1, 0.15) is 5.82 Å². The molecule has 0 spiro atoms. The van der Waals surface area contributed by atoms with Gasteiger partial charge >= 0.3 is 0 Å². The second kappa shape index (κ2) is 5.50. The maximum absolute atomic E-state index is 13.3. The number of thioether (sulfide) groups is 1. The van der Waals surface area contributed by atoms with E-state index in [1.54, 1.807) is 4.90 Å². The summed E-state index contributed by atoms with van der Waals surface area (Å²) in [6, 6.07) is 11.5. The van der Waals surface area contributed by atoms with E-state index in [0.717, 1.165) is 10.6 Å². The molecule has 1 N–H and O–H groups in total. The highest BCUT2D eigenvalue weighted by molar-refractivity contribution is 8.02. The Hall–Kier alpha value is -2.05. The molecule has 7 heteroatoms. The minimum absolute atomic E-state index is 0.0629. The third-order valence-electron chi connectivity index (χ3n) is 4.21. The first-order chi connectivity index (χ1) is 11.5. The molecule has 0 aliphatic carbocycles. The molecule has 1 atom stereocenters. The number of anilines is 2. The molecule has 2 amide bonds. The number of hydrogen-bond donors (Lipinski definition) is 1. The fourth-order valence-electron chi connectivity index (χ4n) is 3.10. The monoisotopic (exact) mass is 362 g/mol. The Morgan fingerprint density at radius 1 is 1.29 bits per heavy atom. The second-order valence-electron chi connectivity index (χ2n) is 5.67. The average Bonchev–Trinajstić information content (AvgIpc) is 3.07. The number of halogens is 2. The second-order valence-corrected chi connectivity index (χ2v) is 7.39. The lowest BCUT2D eigenvalue weighted by Gasteiger charge is -2.29. The van der Waals surface area contributed by atoms with Crippen molar-refractivity contribution in [3.8, 4) is 0 Å². The Kier molecular flexibility index (Phi) is 3.54. The minimum atomic E-state index is -0.998.